The molecule has 1 atom stereocenters. The van der Waals surface area contributed by atoms with Crippen LogP contribution < -0.4 is 5.32 Å². The first kappa shape index (κ1) is 13.9. The standard InChI is InChI=1S/C17H23NO/c1-17(2,3)15-7-5-13(6-8-15)11-16(18-4)14-9-10-19-12-14/h5-10,12,16,18H,11H2,1-4H3. The minimum Gasteiger partial charge on any atom is -0.472 e. The summed E-state index contributed by atoms with van der Waals surface area (Å²) in [6, 6.07) is 11.2. The molecule has 0 spiro atoms. The highest BCUT2D eigenvalue weighted by atomic mass is 16.3. The van der Waals surface area contributed by atoms with Crippen molar-refractivity contribution in [2.24, 2.45) is 0 Å². The lowest BCUT2D eigenvalue weighted by Crippen LogP contribution is -2.18. The Kier molecular flexibility index (Phi) is 4.11. The first-order valence-electron chi connectivity index (χ1n) is 6.79. The van der Waals surface area contributed by atoms with Crippen LogP contribution in [0.4, 0.5) is 0 Å². The average Bonchev–Trinajstić information content (AvgIpc) is 2.89. The summed E-state index contributed by atoms with van der Waals surface area (Å²) in [5, 5.41) is 3.34. The predicted octanol–water partition coefficient (Wildman–Crippen LogP) is 4.08. The van der Waals surface area contributed by atoms with Gasteiger partial charge in [0.1, 0.15) is 0 Å². The molecule has 1 unspecified atom stereocenters. The van der Waals surface area contributed by atoms with Crippen LogP contribution in [-0.4, -0.2) is 7.05 Å². The van der Waals surface area contributed by atoms with E-state index in [9.17, 15) is 0 Å². The molecular formula is C17H23NO. The molecule has 0 amide bonds. The SMILES string of the molecule is CNC(Cc1ccc(C(C)(C)C)cc1)c1ccoc1. The van der Waals surface area contributed by atoms with E-state index in [2.05, 4.69) is 50.4 Å². The highest BCUT2D eigenvalue weighted by Crippen LogP contribution is 2.24. The third-order valence-electron chi connectivity index (χ3n) is 3.55. The zero-order valence-corrected chi connectivity index (χ0v) is 12.2. The molecule has 0 bridgehead atoms. The lowest BCUT2D eigenvalue weighted by Gasteiger charge is -2.20. The zero-order valence-electron chi connectivity index (χ0n) is 12.2. The highest BCUT2D eigenvalue weighted by Gasteiger charge is 2.14. The van der Waals surface area contributed by atoms with Gasteiger partial charge in [-0.3, -0.25) is 0 Å². The van der Waals surface area contributed by atoms with Crippen molar-refractivity contribution in [2.75, 3.05) is 7.05 Å². The summed E-state index contributed by atoms with van der Waals surface area (Å²) < 4.78 is 5.16. The Balaban J connectivity index is 2.11. The Morgan fingerprint density at radius 3 is 2.26 bits per heavy atom. The fourth-order valence-electron chi connectivity index (χ4n) is 2.24. The number of hydrogen-bond acceptors (Lipinski definition) is 2. The number of rotatable bonds is 4. The van der Waals surface area contributed by atoms with Gasteiger partial charge in [0.25, 0.3) is 0 Å². The second-order valence-corrected chi connectivity index (χ2v) is 6.05. The molecule has 0 saturated heterocycles. The van der Waals surface area contributed by atoms with Crippen LogP contribution >= 0.6 is 0 Å². The van der Waals surface area contributed by atoms with E-state index in [0.717, 1.165) is 6.42 Å². The first-order chi connectivity index (χ1) is 9.00. The third-order valence-corrected chi connectivity index (χ3v) is 3.55. The maximum absolute atomic E-state index is 5.16. The molecule has 0 aliphatic heterocycles. The van der Waals surface area contributed by atoms with Gasteiger partial charge in [0.2, 0.25) is 0 Å². The van der Waals surface area contributed by atoms with Gasteiger partial charge in [0.05, 0.1) is 12.5 Å². The van der Waals surface area contributed by atoms with E-state index in [1.54, 1.807) is 6.26 Å². The van der Waals surface area contributed by atoms with Gasteiger partial charge in [-0.05, 0) is 36.1 Å². The molecule has 1 heterocycles. The molecule has 2 nitrogen and oxygen atoms in total. The molecule has 2 rings (SSSR count). The van der Waals surface area contributed by atoms with Crippen molar-refractivity contribution >= 4 is 0 Å². The summed E-state index contributed by atoms with van der Waals surface area (Å²) >= 11 is 0. The van der Waals surface area contributed by atoms with Crippen molar-refractivity contribution < 1.29 is 4.42 Å². The molecular weight excluding hydrogens is 234 g/mol. The molecule has 19 heavy (non-hydrogen) atoms. The van der Waals surface area contributed by atoms with Gasteiger partial charge in [0, 0.05) is 11.6 Å². The summed E-state index contributed by atoms with van der Waals surface area (Å²) in [5.74, 6) is 0. The maximum Gasteiger partial charge on any atom is 0.0950 e. The molecule has 0 radical (unpaired) electrons. The molecule has 102 valence electrons. The van der Waals surface area contributed by atoms with Crippen molar-refractivity contribution in [1.82, 2.24) is 5.32 Å². The van der Waals surface area contributed by atoms with Crippen molar-refractivity contribution in [2.45, 2.75) is 38.6 Å². The largest absolute Gasteiger partial charge is 0.472 e. The highest BCUT2D eigenvalue weighted by molar-refractivity contribution is 5.29. The van der Waals surface area contributed by atoms with Gasteiger partial charge in [0.15, 0.2) is 0 Å². The van der Waals surface area contributed by atoms with E-state index in [4.69, 9.17) is 4.42 Å². The van der Waals surface area contributed by atoms with Gasteiger partial charge in [-0.15, -0.1) is 0 Å². The van der Waals surface area contributed by atoms with Crippen LogP contribution in [0.1, 0.15) is 43.5 Å². The van der Waals surface area contributed by atoms with Gasteiger partial charge in [-0.2, -0.15) is 0 Å². The summed E-state index contributed by atoms with van der Waals surface area (Å²) in [6.07, 6.45) is 4.51. The van der Waals surface area contributed by atoms with Gasteiger partial charge in [-0.25, -0.2) is 0 Å². The second-order valence-electron chi connectivity index (χ2n) is 6.05. The fraction of sp³-hybridized carbons (Fsp3) is 0.412. The van der Waals surface area contributed by atoms with Crippen LogP contribution in [0.25, 0.3) is 0 Å². The second kappa shape index (κ2) is 5.62. The molecule has 1 N–H and O–H groups in total. The average molecular weight is 257 g/mol. The molecule has 1 aromatic heterocycles. The maximum atomic E-state index is 5.16. The summed E-state index contributed by atoms with van der Waals surface area (Å²) in [5.41, 5.74) is 4.13. The predicted molar refractivity (Wildman–Crippen MR) is 79.4 cm³/mol. The van der Waals surface area contributed by atoms with Crippen LogP contribution in [0, 0.1) is 0 Å². The molecule has 1 aromatic carbocycles. The summed E-state index contributed by atoms with van der Waals surface area (Å²) in [7, 11) is 1.99. The minimum atomic E-state index is 0.214. The van der Waals surface area contributed by atoms with E-state index in [0.29, 0.717) is 6.04 Å². The molecule has 0 fully saturated rings. The number of benzene rings is 1. The fourth-order valence-corrected chi connectivity index (χ4v) is 2.24. The summed E-state index contributed by atoms with van der Waals surface area (Å²) in [4.78, 5) is 0. The van der Waals surface area contributed by atoms with Crippen LogP contribution in [-0.2, 0) is 11.8 Å². The smallest absolute Gasteiger partial charge is 0.0950 e. The van der Waals surface area contributed by atoms with Gasteiger partial charge < -0.3 is 9.73 Å². The zero-order chi connectivity index (χ0) is 13.9. The topological polar surface area (TPSA) is 25.2 Å². The number of nitrogens with one attached hydrogen (secondary N) is 1. The first-order valence-corrected chi connectivity index (χ1v) is 6.79. The molecule has 0 saturated carbocycles. The van der Waals surface area contributed by atoms with Gasteiger partial charge >= 0.3 is 0 Å². The van der Waals surface area contributed by atoms with Crippen molar-refractivity contribution in [3.05, 3.63) is 59.5 Å². The van der Waals surface area contributed by atoms with E-state index in [-0.39, 0.29) is 5.41 Å². The molecule has 2 heteroatoms. The molecule has 0 aliphatic carbocycles. The van der Waals surface area contributed by atoms with E-state index >= 15 is 0 Å². The van der Waals surface area contributed by atoms with Crippen molar-refractivity contribution in [3.63, 3.8) is 0 Å². The van der Waals surface area contributed by atoms with E-state index in [1.165, 1.54) is 16.7 Å². The van der Waals surface area contributed by atoms with Crippen LogP contribution in [0.5, 0.6) is 0 Å². The Morgan fingerprint density at radius 1 is 1.11 bits per heavy atom. The van der Waals surface area contributed by atoms with Crippen molar-refractivity contribution in [1.29, 1.82) is 0 Å². The Morgan fingerprint density at radius 2 is 1.79 bits per heavy atom. The normalized spacial score (nSPS) is 13.5. The Hall–Kier alpha value is -1.54. The van der Waals surface area contributed by atoms with Crippen molar-refractivity contribution in [3.8, 4) is 0 Å². The third kappa shape index (κ3) is 3.48. The van der Waals surface area contributed by atoms with Crippen LogP contribution in [0.2, 0.25) is 0 Å². The summed E-state index contributed by atoms with van der Waals surface area (Å²) in [6.45, 7) is 6.72. The number of likely N-dealkylation sites (N-methyl/N-ethyl adjacent to an activating group) is 1. The van der Waals surface area contributed by atoms with Crippen LogP contribution in [0.15, 0.2) is 47.3 Å². The lowest BCUT2D eigenvalue weighted by atomic mass is 9.86. The minimum absolute atomic E-state index is 0.214. The Labute approximate surface area is 115 Å². The van der Waals surface area contributed by atoms with Gasteiger partial charge in [-0.1, -0.05) is 45.0 Å². The monoisotopic (exact) mass is 257 g/mol. The lowest BCUT2D eigenvalue weighted by molar-refractivity contribution is 0.542. The quantitative estimate of drug-likeness (QED) is 0.892. The Bertz CT molecular complexity index is 491. The van der Waals surface area contributed by atoms with E-state index in [1.807, 2.05) is 19.4 Å². The number of furan rings is 1. The molecule has 2 aromatic rings. The number of hydrogen-bond donors (Lipinski definition) is 1. The van der Waals surface area contributed by atoms with E-state index < -0.39 is 0 Å². The van der Waals surface area contributed by atoms with Crippen LogP contribution in [0.3, 0.4) is 0 Å². The molecule has 0 aliphatic rings.